The molecule has 0 radical (unpaired) electrons. The number of carbonyl (C=O) groups is 6. The van der Waals surface area contributed by atoms with Gasteiger partial charge in [-0.2, -0.15) is 0 Å². The number of carbonyl (C=O) groups excluding carboxylic acids is 5. The standard InChI is InChI=1S/C22H30O5.C16H16N4O8S/c1-12-8-14-15-5-7-22(27,18(26)11-23)21(15,3)10-17(25)19(14)20(2)6-4-13(24)9-16(12)20;1-26-19-9(8-3-2-4-27-8)12(21)18-10-13(22)20-11(15(23)24)7(5-28-16(17)25)6-29-14(10)20/h4,6,9,12,14-15,17,19,23,25,27H,5,7-8,10-11H2,1-3H3;2-4,10,14H,5-6H2,1H3,(H2,17,25)(H,18,21)(H,23,24)/b;19-9-/t12-,14-,15-,17-,19+,20-,21-,22-;10-,14-/m01/s1. The van der Waals surface area contributed by atoms with Crippen molar-refractivity contribution in [2.24, 2.45) is 45.4 Å². The van der Waals surface area contributed by atoms with Crippen LogP contribution in [0.4, 0.5) is 4.79 Å². The quantitative estimate of drug-likeness (QED) is 0.117. The molecule has 7 N–H and O–H groups in total. The first-order chi connectivity index (χ1) is 26.4. The summed E-state index contributed by atoms with van der Waals surface area (Å²) in [5.41, 5.74) is 3.09. The maximum atomic E-state index is 12.6. The van der Waals surface area contributed by atoms with Crippen LogP contribution in [0.15, 0.2) is 63.0 Å². The van der Waals surface area contributed by atoms with Crippen molar-refractivity contribution in [2.75, 3.05) is 26.1 Å². The molecule has 7 rings (SSSR count). The zero-order valence-electron chi connectivity index (χ0n) is 31.3. The molecule has 2 aliphatic heterocycles. The number of rotatable bonds is 9. The van der Waals surface area contributed by atoms with E-state index in [1.807, 2.05) is 13.0 Å². The van der Waals surface area contributed by atoms with Crippen molar-refractivity contribution in [3.05, 3.63) is 59.2 Å². The largest absolute Gasteiger partial charge is 0.477 e. The Morgan fingerprint density at radius 1 is 1.21 bits per heavy atom. The number of hydrogen-bond donors (Lipinski definition) is 6. The Hall–Kier alpha value is -4.78. The van der Waals surface area contributed by atoms with Gasteiger partial charge in [-0.1, -0.05) is 37.6 Å². The Morgan fingerprint density at radius 2 is 1.95 bits per heavy atom. The molecule has 4 aliphatic carbocycles. The molecular formula is C38H46N4O13S. The zero-order valence-corrected chi connectivity index (χ0v) is 32.1. The van der Waals surface area contributed by atoms with Gasteiger partial charge in [0.15, 0.2) is 17.3 Å². The normalized spacial score (nSPS) is 35.7. The van der Waals surface area contributed by atoms with E-state index in [0.717, 1.165) is 23.3 Å². The van der Waals surface area contributed by atoms with Gasteiger partial charge < -0.3 is 45.5 Å². The maximum absolute atomic E-state index is 12.6. The summed E-state index contributed by atoms with van der Waals surface area (Å²) in [5, 5.41) is 46.9. The van der Waals surface area contributed by atoms with Crippen molar-refractivity contribution in [1.82, 2.24) is 10.2 Å². The van der Waals surface area contributed by atoms with E-state index in [9.17, 15) is 49.2 Å². The minimum absolute atomic E-state index is 0.00620. The third kappa shape index (κ3) is 6.65. The first-order valence-corrected chi connectivity index (χ1v) is 19.3. The number of aliphatic hydroxyl groups is 3. The van der Waals surface area contributed by atoms with E-state index < -0.39 is 64.8 Å². The van der Waals surface area contributed by atoms with Crippen LogP contribution >= 0.6 is 11.8 Å². The molecule has 1 aromatic rings. The number of Topliss-reactive ketones (excluding diaryl/α,β-unsaturated/α-hetero) is 1. The van der Waals surface area contributed by atoms with E-state index >= 15 is 0 Å². The van der Waals surface area contributed by atoms with E-state index in [4.69, 9.17) is 10.2 Å². The lowest BCUT2D eigenvalue weighted by Crippen LogP contribution is -2.71. The summed E-state index contributed by atoms with van der Waals surface area (Å²) in [4.78, 5) is 77.6. The van der Waals surface area contributed by atoms with Gasteiger partial charge in [0.2, 0.25) is 5.71 Å². The molecule has 0 aromatic carbocycles. The summed E-state index contributed by atoms with van der Waals surface area (Å²) >= 11 is 1.21. The monoisotopic (exact) mass is 798 g/mol. The third-order valence-electron chi connectivity index (χ3n) is 12.7. The summed E-state index contributed by atoms with van der Waals surface area (Å²) in [7, 11) is 1.25. The van der Waals surface area contributed by atoms with Crippen LogP contribution in [0, 0.1) is 34.5 Å². The second kappa shape index (κ2) is 15.3. The highest BCUT2D eigenvalue weighted by molar-refractivity contribution is 8.00. The fourth-order valence-electron chi connectivity index (χ4n) is 10.2. The number of primary amides is 1. The highest BCUT2D eigenvalue weighted by Crippen LogP contribution is 2.67. The number of ether oxygens (including phenoxy) is 1. The number of hydrogen-bond acceptors (Lipinski definition) is 14. The topological polar surface area (TPSA) is 269 Å². The molecule has 302 valence electrons. The average molecular weight is 799 g/mol. The summed E-state index contributed by atoms with van der Waals surface area (Å²) in [6.45, 7) is 5.14. The number of furan rings is 1. The average Bonchev–Trinajstić information content (AvgIpc) is 3.78. The molecule has 1 saturated heterocycles. The first kappa shape index (κ1) is 40.9. The lowest BCUT2D eigenvalue weighted by atomic mass is 9.45. The number of nitrogens with zero attached hydrogens (tertiary/aromatic N) is 2. The Bertz CT molecular complexity index is 1940. The smallest absolute Gasteiger partial charge is 0.404 e. The molecular weight excluding hydrogens is 752 g/mol. The number of oxime groups is 1. The predicted molar refractivity (Wildman–Crippen MR) is 197 cm³/mol. The van der Waals surface area contributed by atoms with E-state index in [0.29, 0.717) is 12.8 Å². The maximum Gasteiger partial charge on any atom is 0.404 e. The number of nitrogens with two attached hydrogens (primary N) is 1. The van der Waals surface area contributed by atoms with Crippen molar-refractivity contribution in [1.29, 1.82) is 0 Å². The highest BCUT2D eigenvalue weighted by Gasteiger charge is 2.68. The molecule has 1 aromatic heterocycles. The molecule has 18 heteroatoms. The van der Waals surface area contributed by atoms with Gasteiger partial charge in [-0.25, -0.2) is 9.59 Å². The van der Waals surface area contributed by atoms with Crippen molar-refractivity contribution >= 4 is 52.9 Å². The number of aliphatic carboxylic acids is 1. The second-order valence-electron chi connectivity index (χ2n) is 15.5. The van der Waals surface area contributed by atoms with E-state index in [-0.39, 0.29) is 70.0 Å². The number of thioether (sulfide) groups is 1. The van der Waals surface area contributed by atoms with Crippen LogP contribution < -0.4 is 11.1 Å². The Balaban J connectivity index is 0.000000190. The van der Waals surface area contributed by atoms with E-state index in [2.05, 4.69) is 33.9 Å². The highest BCUT2D eigenvalue weighted by atomic mass is 32.2. The molecule has 17 nitrogen and oxygen atoms in total. The molecule has 0 unspecified atom stereocenters. The molecule has 3 saturated carbocycles. The minimum Gasteiger partial charge on any atom is -0.477 e. The molecule has 4 fully saturated rings. The molecule has 0 spiro atoms. The molecule has 6 aliphatic rings. The van der Waals surface area contributed by atoms with Crippen LogP contribution in [0.2, 0.25) is 0 Å². The van der Waals surface area contributed by atoms with Gasteiger partial charge in [-0.3, -0.25) is 24.1 Å². The zero-order chi connectivity index (χ0) is 40.9. The Labute approximate surface area is 326 Å². The van der Waals surface area contributed by atoms with Crippen molar-refractivity contribution < 1.29 is 63.2 Å². The lowest BCUT2D eigenvalue weighted by molar-refractivity contribution is -0.180. The van der Waals surface area contributed by atoms with Crippen LogP contribution in [-0.2, 0) is 33.5 Å². The van der Waals surface area contributed by atoms with Crippen molar-refractivity contribution in [2.45, 2.75) is 69.6 Å². The van der Waals surface area contributed by atoms with Gasteiger partial charge in [-0.05, 0) is 67.7 Å². The summed E-state index contributed by atoms with van der Waals surface area (Å²) in [6.07, 6.45) is 7.16. The number of fused-ring (bicyclic) bond motifs is 6. The number of ketones is 2. The fourth-order valence-corrected chi connectivity index (χ4v) is 11.5. The number of nitrogens with one attached hydrogen (secondary N) is 1. The van der Waals surface area contributed by atoms with Gasteiger partial charge in [0.1, 0.15) is 43.0 Å². The molecule has 0 bridgehead atoms. The summed E-state index contributed by atoms with van der Waals surface area (Å²) < 4.78 is 9.79. The minimum atomic E-state index is -1.57. The number of carboxylic acid groups (broad SMARTS) is 1. The SMILES string of the molecule is CO/N=C(\C(=O)N[C@@H]1C(=O)N2C(C(=O)O)=C(COC(N)=O)CS[C@H]12)c1ccco1.C[C@H]1C[C@@H]2[C@H]([C@@H](O)C[C@@]3(C)[C@H]2CC[C@]3(O)C(=O)CO)[C@@]2(C)C=CC(=O)C=C12. The van der Waals surface area contributed by atoms with Gasteiger partial charge in [0, 0.05) is 28.1 Å². The van der Waals surface area contributed by atoms with Gasteiger partial charge in [0.05, 0.1) is 12.4 Å². The fraction of sp³-hybridized carbons (Fsp3) is 0.553. The van der Waals surface area contributed by atoms with Crippen LogP contribution in [0.5, 0.6) is 0 Å². The van der Waals surface area contributed by atoms with Gasteiger partial charge >= 0.3 is 12.1 Å². The second-order valence-corrected chi connectivity index (χ2v) is 16.7. The molecule has 3 amide bonds. The third-order valence-corrected chi connectivity index (χ3v) is 14.0. The van der Waals surface area contributed by atoms with Crippen molar-refractivity contribution in [3.63, 3.8) is 0 Å². The molecule has 56 heavy (non-hydrogen) atoms. The van der Waals surface area contributed by atoms with Crippen LogP contribution in [0.1, 0.15) is 52.2 Å². The summed E-state index contributed by atoms with van der Waals surface area (Å²) in [5.74, 6) is -2.46. The van der Waals surface area contributed by atoms with Crippen LogP contribution in [0.25, 0.3) is 0 Å². The van der Waals surface area contributed by atoms with Crippen LogP contribution in [0.3, 0.4) is 0 Å². The number of allylic oxidation sites excluding steroid dienone is 4. The lowest BCUT2D eigenvalue weighted by Gasteiger charge is -2.60. The van der Waals surface area contributed by atoms with Gasteiger partial charge in [-0.15, -0.1) is 11.8 Å². The van der Waals surface area contributed by atoms with Crippen LogP contribution in [-0.4, -0.2) is 116 Å². The van der Waals surface area contributed by atoms with E-state index in [1.165, 1.54) is 31.2 Å². The Morgan fingerprint density at radius 3 is 2.57 bits per heavy atom. The first-order valence-electron chi connectivity index (χ1n) is 18.2. The number of amides is 3. The summed E-state index contributed by atoms with van der Waals surface area (Å²) in [6, 6.07) is 2.08. The number of aliphatic hydroxyl groups excluding tert-OH is 2. The van der Waals surface area contributed by atoms with E-state index in [1.54, 1.807) is 18.2 Å². The van der Waals surface area contributed by atoms with Gasteiger partial charge in [0.25, 0.3) is 11.8 Å². The number of carboxylic acids is 1. The molecule has 10 atom stereocenters. The molecule has 3 heterocycles. The van der Waals surface area contributed by atoms with Crippen molar-refractivity contribution in [3.8, 4) is 0 Å². The predicted octanol–water partition coefficient (Wildman–Crippen LogP) is 1.27. The number of β-lactam (4-membered cyclic amide) rings is 1. The Kier molecular flexibility index (Phi) is 11.2.